The van der Waals surface area contributed by atoms with Crippen LogP contribution in [0.3, 0.4) is 0 Å². The molecule has 0 spiro atoms. The van der Waals surface area contributed by atoms with Crippen LogP contribution in [-0.2, 0) is 10.0 Å². The summed E-state index contributed by atoms with van der Waals surface area (Å²) in [5, 5.41) is 1.89. The van der Waals surface area contributed by atoms with Crippen molar-refractivity contribution in [1.29, 1.82) is 0 Å². The maximum atomic E-state index is 12.2. The van der Waals surface area contributed by atoms with Crippen LogP contribution in [0.25, 0.3) is 6.08 Å². The SMILES string of the molecule is COc1cc(OC)c(NS(=O)(=O)C=Cc2ccc(Cl)cc2)cc1Cl. The van der Waals surface area contributed by atoms with Crippen molar-refractivity contribution in [2.24, 2.45) is 0 Å². The van der Waals surface area contributed by atoms with Gasteiger partial charge in [0.1, 0.15) is 11.5 Å². The first kappa shape index (κ1) is 18.4. The fourth-order valence-electron chi connectivity index (χ4n) is 1.87. The Morgan fingerprint density at radius 3 is 2.21 bits per heavy atom. The lowest BCUT2D eigenvalue weighted by Crippen LogP contribution is -2.10. The Bertz CT molecular complexity index is 849. The average Bonchev–Trinajstić information content (AvgIpc) is 2.54. The minimum atomic E-state index is -3.75. The molecule has 0 aliphatic rings. The smallest absolute Gasteiger partial charge is 0.255 e. The molecular weight excluding hydrogens is 373 g/mol. The number of ether oxygens (including phenoxy) is 2. The molecule has 0 unspecified atom stereocenters. The molecule has 0 radical (unpaired) electrons. The van der Waals surface area contributed by atoms with Crippen LogP contribution in [0.4, 0.5) is 5.69 Å². The zero-order valence-corrected chi connectivity index (χ0v) is 15.2. The van der Waals surface area contributed by atoms with Gasteiger partial charge in [0.2, 0.25) is 0 Å². The van der Waals surface area contributed by atoms with Gasteiger partial charge in [-0.15, -0.1) is 0 Å². The fraction of sp³-hybridized carbons (Fsp3) is 0.125. The number of sulfonamides is 1. The Morgan fingerprint density at radius 2 is 1.62 bits per heavy atom. The van der Waals surface area contributed by atoms with E-state index in [1.54, 1.807) is 24.3 Å². The number of halogens is 2. The van der Waals surface area contributed by atoms with Crippen LogP contribution in [0.5, 0.6) is 11.5 Å². The van der Waals surface area contributed by atoms with Crippen molar-refractivity contribution >= 4 is 45.0 Å². The first-order valence-electron chi connectivity index (χ1n) is 6.72. The van der Waals surface area contributed by atoms with Crippen LogP contribution in [0, 0.1) is 0 Å². The van der Waals surface area contributed by atoms with Crippen molar-refractivity contribution in [3.63, 3.8) is 0 Å². The second-order valence-electron chi connectivity index (χ2n) is 4.69. The van der Waals surface area contributed by atoms with Gasteiger partial charge in [0.25, 0.3) is 10.0 Å². The third-order valence-electron chi connectivity index (χ3n) is 3.04. The van der Waals surface area contributed by atoms with E-state index in [-0.39, 0.29) is 10.7 Å². The second kappa shape index (κ2) is 7.79. The standard InChI is InChI=1S/C16H15Cl2NO4S/c1-22-15-10-16(23-2)14(9-13(15)18)19-24(20,21)8-7-11-3-5-12(17)6-4-11/h3-10,19H,1-2H3. The predicted octanol–water partition coefficient (Wildman–Crippen LogP) is 4.42. The van der Waals surface area contributed by atoms with Crippen LogP contribution in [0.15, 0.2) is 41.8 Å². The molecule has 0 bridgehead atoms. The molecule has 0 amide bonds. The van der Waals surface area contributed by atoms with Crippen LogP contribution >= 0.6 is 23.2 Å². The van der Waals surface area contributed by atoms with Gasteiger partial charge in [0.15, 0.2) is 0 Å². The summed E-state index contributed by atoms with van der Waals surface area (Å²) in [6, 6.07) is 9.69. The number of anilines is 1. The molecule has 0 atom stereocenters. The molecule has 2 rings (SSSR count). The molecule has 0 aliphatic heterocycles. The third kappa shape index (κ3) is 4.80. The Kier molecular flexibility index (Phi) is 5.99. The quantitative estimate of drug-likeness (QED) is 0.796. The van der Waals surface area contributed by atoms with Crippen molar-refractivity contribution < 1.29 is 17.9 Å². The Hall–Kier alpha value is -1.89. The predicted molar refractivity (Wildman–Crippen MR) is 97.6 cm³/mol. The number of hydrogen-bond acceptors (Lipinski definition) is 4. The molecule has 0 heterocycles. The summed E-state index contributed by atoms with van der Waals surface area (Å²) < 4.78 is 37.1. The number of nitrogens with one attached hydrogen (secondary N) is 1. The van der Waals surface area contributed by atoms with Crippen molar-refractivity contribution in [2.45, 2.75) is 0 Å². The lowest BCUT2D eigenvalue weighted by molar-refractivity contribution is 0.396. The lowest BCUT2D eigenvalue weighted by atomic mass is 10.2. The van der Waals surface area contributed by atoms with Crippen molar-refractivity contribution in [1.82, 2.24) is 0 Å². The highest BCUT2D eigenvalue weighted by Crippen LogP contribution is 2.36. The highest BCUT2D eigenvalue weighted by atomic mass is 35.5. The van der Waals surface area contributed by atoms with E-state index in [9.17, 15) is 8.42 Å². The minimum Gasteiger partial charge on any atom is -0.495 e. The number of rotatable bonds is 6. The van der Waals surface area contributed by atoms with Gasteiger partial charge in [0.05, 0.1) is 30.3 Å². The van der Waals surface area contributed by atoms with Crippen molar-refractivity contribution in [3.8, 4) is 11.5 Å². The van der Waals surface area contributed by atoms with E-state index in [0.29, 0.717) is 22.1 Å². The van der Waals surface area contributed by atoms with E-state index < -0.39 is 10.0 Å². The van der Waals surface area contributed by atoms with Crippen LogP contribution in [-0.4, -0.2) is 22.6 Å². The summed E-state index contributed by atoms with van der Waals surface area (Å²) in [6.07, 6.45) is 1.45. The highest BCUT2D eigenvalue weighted by molar-refractivity contribution is 7.95. The summed E-state index contributed by atoms with van der Waals surface area (Å²) in [6.45, 7) is 0. The molecule has 2 aromatic carbocycles. The van der Waals surface area contributed by atoms with E-state index in [1.807, 2.05) is 0 Å². The first-order chi connectivity index (χ1) is 11.3. The van der Waals surface area contributed by atoms with E-state index >= 15 is 0 Å². The summed E-state index contributed by atoms with van der Waals surface area (Å²) in [4.78, 5) is 0. The van der Waals surface area contributed by atoms with Gasteiger partial charge >= 0.3 is 0 Å². The van der Waals surface area contributed by atoms with E-state index in [4.69, 9.17) is 32.7 Å². The minimum absolute atomic E-state index is 0.212. The largest absolute Gasteiger partial charge is 0.495 e. The summed E-state index contributed by atoms with van der Waals surface area (Å²) in [5.41, 5.74) is 0.911. The normalized spacial score (nSPS) is 11.5. The molecule has 0 fully saturated rings. The van der Waals surface area contributed by atoms with Crippen LogP contribution in [0.1, 0.15) is 5.56 Å². The molecule has 5 nitrogen and oxygen atoms in total. The second-order valence-corrected chi connectivity index (χ2v) is 7.10. The molecular formula is C16H15Cl2NO4S. The van der Waals surface area contributed by atoms with E-state index in [1.165, 1.54) is 32.4 Å². The van der Waals surface area contributed by atoms with Gasteiger partial charge in [-0.3, -0.25) is 4.72 Å². The van der Waals surface area contributed by atoms with Crippen LogP contribution in [0.2, 0.25) is 10.0 Å². The fourth-order valence-corrected chi connectivity index (χ4v) is 3.11. The zero-order valence-electron chi connectivity index (χ0n) is 12.9. The molecule has 0 saturated heterocycles. The molecule has 0 aliphatic carbocycles. The summed E-state index contributed by atoms with van der Waals surface area (Å²) >= 11 is 11.8. The Labute approximate surface area is 150 Å². The molecule has 128 valence electrons. The summed E-state index contributed by atoms with van der Waals surface area (Å²) in [7, 11) is -0.877. The maximum Gasteiger partial charge on any atom is 0.255 e. The third-order valence-corrected chi connectivity index (χ3v) is 4.58. The molecule has 0 aromatic heterocycles. The van der Waals surface area contributed by atoms with Crippen molar-refractivity contribution in [3.05, 3.63) is 57.4 Å². The Balaban J connectivity index is 2.25. The summed E-state index contributed by atoms with van der Waals surface area (Å²) in [5.74, 6) is 0.674. The monoisotopic (exact) mass is 387 g/mol. The van der Waals surface area contributed by atoms with Gasteiger partial charge in [0, 0.05) is 11.1 Å². The number of benzene rings is 2. The molecule has 8 heteroatoms. The van der Waals surface area contributed by atoms with E-state index in [0.717, 1.165) is 5.41 Å². The number of methoxy groups -OCH3 is 2. The van der Waals surface area contributed by atoms with E-state index in [2.05, 4.69) is 4.72 Å². The topological polar surface area (TPSA) is 64.6 Å². The van der Waals surface area contributed by atoms with Gasteiger partial charge in [-0.2, -0.15) is 0 Å². The molecule has 1 N–H and O–H groups in total. The molecule has 2 aromatic rings. The Morgan fingerprint density at radius 1 is 1.00 bits per heavy atom. The first-order valence-corrected chi connectivity index (χ1v) is 9.03. The zero-order chi connectivity index (χ0) is 17.7. The molecule has 0 saturated carbocycles. The average molecular weight is 388 g/mol. The highest BCUT2D eigenvalue weighted by Gasteiger charge is 2.14. The van der Waals surface area contributed by atoms with Gasteiger partial charge in [-0.25, -0.2) is 8.42 Å². The maximum absolute atomic E-state index is 12.2. The van der Waals surface area contributed by atoms with Gasteiger partial charge in [-0.05, 0) is 29.8 Å². The van der Waals surface area contributed by atoms with Gasteiger partial charge < -0.3 is 9.47 Å². The molecule has 24 heavy (non-hydrogen) atoms. The number of hydrogen-bond donors (Lipinski definition) is 1. The van der Waals surface area contributed by atoms with Crippen LogP contribution < -0.4 is 14.2 Å². The lowest BCUT2D eigenvalue weighted by Gasteiger charge is -2.12. The van der Waals surface area contributed by atoms with Crippen molar-refractivity contribution in [2.75, 3.05) is 18.9 Å². The van der Waals surface area contributed by atoms with Gasteiger partial charge in [-0.1, -0.05) is 35.3 Å².